The van der Waals surface area contributed by atoms with Gasteiger partial charge in [0.25, 0.3) is 5.91 Å². The Hall–Kier alpha value is -1.33. The Morgan fingerprint density at radius 1 is 1.58 bits per heavy atom. The maximum atomic E-state index is 12.0. The van der Waals surface area contributed by atoms with E-state index in [0.717, 1.165) is 6.42 Å². The second-order valence-corrected chi connectivity index (χ2v) is 5.55. The molecule has 0 aliphatic rings. The predicted octanol–water partition coefficient (Wildman–Crippen LogP) is 2.11. The summed E-state index contributed by atoms with van der Waals surface area (Å²) in [4.78, 5) is 15.9. The zero-order valence-electron chi connectivity index (χ0n) is 11.5. The van der Waals surface area contributed by atoms with Crippen molar-refractivity contribution in [2.75, 3.05) is 26.0 Å². The zero-order valence-corrected chi connectivity index (χ0v) is 12.3. The van der Waals surface area contributed by atoms with E-state index in [0.29, 0.717) is 24.4 Å². The van der Waals surface area contributed by atoms with E-state index < -0.39 is 0 Å². The van der Waals surface area contributed by atoms with Crippen LogP contribution in [0, 0.1) is 5.41 Å². The number of pyridine rings is 1. The molecule has 0 aliphatic heterocycles. The third-order valence-corrected chi connectivity index (χ3v) is 3.12. The molecule has 0 saturated heterocycles. The lowest BCUT2D eigenvalue weighted by Crippen LogP contribution is -2.34. The van der Waals surface area contributed by atoms with Crippen molar-refractivity contribution in [1.82, 2.24) is 10.3 Å². The molecule has 106 valence electrons. The van der Waals surface area contributed by atoms with E-state index in [9.17, 15) is 4.79 Å². The molecule has 0 saturated carbocycles. The lowest BCUT2D eigenvalue weighted by Gasteiger charge is -2.24. The van der Waals surface area contributed by atoms with E-state index in [4.69, 9.17) is 22.1 Å². The average Bonchev–Trinajstić information content (AvgIpc) is 2.36. The number of amides is 1. The Kier molecular flexibility index (Phi) is 5.57. The number of ether oxygens (including phenoxy) is 1. The number of hydrogen-bond donors (Lipinski definition) is 2. The van der Waals surface area contributed by atoms with Crippen molar-refractivity contribution >= 4 is 23.2 Å². The van der Waals surface area contributed by atoms with Gasteiger partial charge in [-0.3, -0.25) is 4.79 Å². The Balaban J connectivity index is 2.62. The van der Waals surface area contributed by atoms with Crippen LogP contribution < -0.4 is 11.1 Å². The number of rotatable bonds is 6. The van der Waals surface area contributed by atoms with Crippen molar-refractivity contribution in [3.05, 3.63) is 23.0 Å². The van der Waals surface area contributed by atoms with Crippen LogP contribution in [0.5, 0.6) is 0 Å². The molecule has 1 rings (SSSR count). The standard InChI is InChI=1S/C13H20ClN3O2/c1-13(2,4-5-19-3)8-17-12(18)10-6-9(15)7-16-11(10)14/h6-7H,4-5,8,15H2,1-3H3,(H,17,18). The molecule has 0 atom stereocenters. The molecule has 1 aromatic heterocycles. The molecule has 0 spiro atoms. The summed E-state index contributed by atoms with van der Waals surface area (Å²) < 4.78 is 5.04. The summed E-state index contributed by atoms with van der Waals surface area (Å²) >= 11 is 5.88. The van der Waals surface area contributed by atoms with Crippen LogP contribution in [0.2, 0.25) is 5.15 Å². The maximum absolute atomic E-state index is 12.0. The van der Waals surface area contributed by atoms with Crippen LogP contribution in [0.3, 0.4) is 0 Å². The van der Waals surface area contributed by atoms with Crippen LogP contribution >= 0.6 is 11.6 Å². The molecule has 0 unspecified atom stereocenters. The first kappa shape index (κ1) is 15.7. The lowest BCUT2D eigenvalue weighted by molar-refractivity contribution is 0.0921. The van der Waals surface area contributed by atoms with Gasteiger partial charge in [-0.1, -0.05) is 25.4 Å². The summed E-state index contributed by atoms with van der Waals surface area (Å²) in [5.41, 5.74) is 6.25. The Morgan fingerprint density at radius 3 is 2.89 bits per heavy atom. The van der Waals surface area contributed by atoms with Gasteiger partial charge in [-0.25, -0.2) is 4.98 Å². The van der Waals surface area contributed by atoms with E-state index >= 15 is 0 Å². The van der Waals surface area contributed by atoms with Gasteiger partial charge in [0.1, 0.15) is 5.15 Å². The SMILES string of the molecule is COCCC(C)(C)CNC(=O)c1cc(N)cnc1Cl. The fraction of sp³-hybridized carbons (Fsp3) is 0.538. The van der Waals surface area contributed by atoms with Crippen LogP contribution in [0.25, 0.3) is 0 Å². The number of nitrogens with zero attached hydrogens (tertiary/aromatic N) is 1. The van der Waals surface area contributed by atoms with Gasteiger partial charge in [0.05, 0.1) is 17.4 Å². The zero-order chi connectivity index (χ0) is 14.5. The molecular weight excluding hydrogens is 266 g/mol. The van der Waals surface area contributed by atoms with E-state index in [-0.39, 0.29) is 16.5 Å². The second-order valence-electron chi connectivity index (χ2n) is 5.20. The average molecular weight is 286 g/mol. The molecule has 1 heterocycles. The molecule has 0 fully saturated rings. The number of anilines is 1. The molecule has 19 heavy (non-hydrogen) atoms. The number of nitrogens with two attached hydrogens (primary N) is 1. The van der Waals surface area contributed by atoms with Crippen LogP contribution in [-0.4, -0.2) is 31.2 Å². The predicted molar refractivity (Wildman–Crippen MR) is 76.3 cm³/mol. The van der Waals surface area contributed by atoms with Gasteiger partial charge in [0.2, 0.25) is 0 Å². The van der Waals surface area contributed by atoms with E-state index in [1.165, 1.54) is 12.3 Å². The van der Waals surface area contributed by atoms with Crippen LogP contribution in [-0.2, 0) is 4.74 Å². The molecular formula is C13H20ClN3O2. The van der Waals surface area contributed by atoms with Gasteiger partial charge < -0.3 is 15.8 Å². The summed E-state index contributed by atoms with van der Waals surface area (Å²) in [6.45, 7) is 5.31. The topological polar surface area (TPSA) is 77.2 Å². The number of aromatic nitrogens is 1. The minimum absolute atomic E-state index is 0.0497. The van der Waals surface area contributed by atoms with E-state index in [1.807, 2.05) is 0 Å². The number of nitrogens with one attached hydrogen (secondary N) is 1. The third-order valence-electron chi connectivity index (χ3n) is 2.82. The Bertz CT molecular complexity index is 450. The number of carbonyl (C=O) groups excluding carboxylic acids is 1. The lowest BCUT2D eigenvalue weighted by atomic mass is 9.89. The third kappa shape index (κ3) is 5.04. The first-order valence-corrected chi connectivity index (χ1v) is 6.42. The highest BCUT2D eigenvalue weighted by Gasteiger charge is 2.20. The van der Waals surface area contributed by atoms with Crippen molar-refractivity contribution in [3.8, 4) is 0 Å². The summed E-state index contributed by atoms with van der Waals surface area (Å²) in [7, 11) is 1.66. The molecule has 6 heteroatoms. The minimum atomic E-state index is -0.268. The second kappa shape index (κ2) is 6.73. The summed E-state index contributed by atoms with van der Waals surface area (Å²) in [5.74, 6) is -0.268. The first-order chi connectivity index (χ1) is 8.85. The largest absolute Gasteiger partial charge is 0.397 e. The maximum Gasteiger partial charge on any atom is 0.254 e. The van der Waals surface area contributed by atoms with Crippen LogP contribution in [0.15, 0.2) is 12.3 Å². The fourth-order valence-corrected chi connectivity index (χ4v) is 1.69. The molecule has 1 aromatic rings. The molecule has 5 nitrogen and oxygen atoms in total. The molecule has 0 aliphatic carbocycles. The summed E-state index contributed by atoms with van der Waals surface area (Å²) in [5, 5.41) is 3.00. The van der Waals surface area contributed by atoms with E-state index in [2.05, 4.69) is 24.1 Å². The van der Waals surface area contributed by atoms with Crippen molar-refractivity contribution < 1.29 is 9.53 Å². The van der Waals surface area contributed by atoms with Crippen molar-refractivity contribution in [2.24, 2.45) is 5.41 Å². The van der Waals surface area contributed by atoms with Crippen molar-refractivity contribution in [1.29, 1.82) is 0 Å². The monoisotopic (exact) mass is 285 g/mol. The van der Waals surface area contributed by atoms with Gasteiger partial charge >= 0.3 is 0 Å². The summed E-state index contributed by atoms with van der Waals surface area (Å²) in [6.07, 6.45) is 2.27. The van der Waals surface area contributed by atoms with Gasteiger partial charge in [0, 0.05) is 20.3 Å². The number of methoxy groups -OCH3 is 1. The van der Waals surface area contributed by atoms with Gasteiger partial charge in [-0.05, 0) is 17.9 Å². The van der Waals surface area contributed by atoms with Crippen molar-refractivity contribution in [2.45, 2.75) is 20.3 Å². The molecule has 0 bridgehead atoms. The van der Waals surface area contributed by atoms with E-state index in [1.54, 1.807) is 7.11 Å². The van der Waals surface area contributed by atoms with Crippen LogP contribution in [0.1, 0.15) is 30.6 Å². The molecule has 0 radical (unpaired) electrons. The molecule has 0 aromatic carbocycles. The number of halogens is 1. The highest BCUT2D eigenvalue weighted by molar-refractivity contribution is 6.32. The highest BCUT2D eigenvalue weighted by atomic mass is 35.5. The molecule has 3 N–H and O–H groups in total. The highest BCUT2D eigenvalue weighted by Crippen LogP contribution is 2.20. The normalized spacial score (nSPS) is 11.4. The Morgan fingerprint density at radius 2 is 2.26 bits per heavy atom. The smallest absolute Gasteiger partial charge is 0.254 e. The van der Waals surface area contributed by atoms with Gasteiger partial charge in [-0.15, -0.1) is 0 Å². The fourth-order valence-electron chi connectivity index (χ4n) is 1.50. The van der Waals surface area contributed by atoms with Crippen LogP contribution in [0.4, 0.5) is 5.69 Å². The number of carbonyl (C=O) groups is 1. The number of hydrogen-bond acceptors (Lipinski definition) is 4. The number of nitrogen functional groups attached to an aromatic ring is 1. The minimum Gasteiger partial charge on any atom is -0.397 e. The van der Waals surface area contributed by atoms with Crippen molar-refractivity contribution in [3.63, 3.8) is 0 Å². The summed E-state index contributed by atoms with van der Waals surface area (Å²) in [6, 6.07) is 1.52. The quantitative estimate of drug-likeness (QED) is 0.785. The Labute approximate surface area is 118 Å². The van der Waals surface area contributed by atoms with Gasteiger partial charge in [-0.2, -0.15) is 0 Å². The molecule has 1 amide bonds. The van der Waals surface area contributed by atoms with Gasteiger partial charge in [0.15, 0.2) is 0 Å². The first-order valence-electron chi connectivity index (χ1n) is 6.04.